The lowest BCUT2D eigenvalue weighted by atomic mass is 10.2. The number of nitrogens with two attached hydrogens (primary N) is 1. The molecule has 2 N–H and O–H groups in total. The van der Waals surface area contributed by atoms with E-state index in [4.69, 9.17) is 26.6 Å². The molecule has 5 nitrogen and oxygen atoms in total. The molecule has 1 fully saturated rings. The minimum Gasteiger partial charge on any atom is -0.496 e. The van der Waals surface area contributed by atoms with Crippen LogP contribution in [0.15, 0.2) is 22.7 Å². The van der Waals surface area contributed by atoms with Crippen LogP contribution in [0.25, 0.3) is 11.5 Å². The molecule has 100 valence electrons. The van der Waals surface area contributed by atoms with Gasteiger partial charge < -0.3 is 15.0 Å². The van der Waals surface area contributed by atoms with Gasteiger partial charge in [-0.3, -0.25) is 0 Å². The second-order valence-corrected chi connectivity index (χ2v) is 5.10. The molecule has 19 heavy (non-hydrogen) atoms. The fourth-order valence-electron chi connectivity index (χ4n) is 1.99. The molecule has 0 radical (unpaired) electrons. The second kappa shape index (κ2) is 4.83. The topological polar surface area (TPSA) is 74.2 Å². The number of aromatic nitrogens is 2. The normalized spacial score (nSPS) is 16.4. The summed E-state index contributed by atoms with van der Waals surface area (Å²) < 4.78 is 10.5. The molecule has 1 aliphatic carbocycles. The van der Waals surface area contributed by atoms with E-state index in [0.717, 1.165) is 12.8 Å². The van der Waals surface area contributed by atoms with E-state index in [-0.39, 0.29) is 6.04 Å². The highest BCUT2D eigenvalue weighted by molar-refractivity contribution is 6.30. The number of halogens is 1. The molecule has 3 rings (SSSR count). The van der Waals surface area contributed by atoms with Crippen molar-refractivity contribution < 1.29 is 9.26 Å². The molecular formula is C13H14ClN3O2. The van der Waals surface area contributed by atoms with Gasteiger partial charge in [0.15, 0.2) is 5.82 Å². The van der Waals surface area contributed by atoms with Gasteiger partial charge in [-0.15, -0.1) is 0 Å². The zero-order chi connectivity index (χ0) is 13.4. The Morgan fingerprint density at radius 3 is 2.95 bits per heavy atom. The average molecular weight is 280 g/mol. The van der Waals surface area contributed by atoms with Crippen molar-refractivity contribution in [1.29, 1.82) is 0 Å². The number of hydrogen-bond acceptors (Lipinski definition) is 5. The summed E-state index contributed by atoms with van der Waals surface area (Å²) >= 11 is 5.98. The molecule has 0 bridgehead atoms. The number of rotatable bonds is 4. The highest BCUT2D eigenvalue weighted by Crippen LogP contribution is 2.39. The molecule has 2 aromatic rings. The minimum atomic E-state index is -0.150. The maximum atomic E-state index is 6.05. The van der Waals surface area contributed by atoms with Crippen LogP contribution in [0.4, 0.5) is 0 Å². The maximum absolute atomic E-state index is 6.05. The predicted molar refractivity (Wildman–Crippen MR) is 70.9 cm³/mol. The summed E-state index contributed by atoms with van der Waals surface area (Å²) in [5.41, 5.74) is 6.73. The SMILES string of the molecule is COc1ccc(Cl)cc1-c1nc(C(N)C2CC2)no1. The highest BCUT2D eigenvalue weighted by Gasteiger charge is 2.32. The summed E-state index contributed by atoms with van der Waals surface area (Å²) in [5, 5.41) is 4.53. The van der Waals surface area contributed by atoms with Gasteiger partial charge in [0.05, 0.1) is 18.7 Å². The van der Waals surface area contributed by atoms with Gasteiger partial charge in [0.25, 0.3) is 5.89 Å². The van der Waals surface area contributed by atoms with E-state index in [9.17, 15) is 0 Å². The van der Waals surface area contributed by atoms with Gasteiger partial charge in [0, 0.05) is 5.02 Å². The molecule has 1 heterocycles. The Balaban J connectivity index is 1.95. The molecule has 1 atom stereocenters. The van der Waals surface area contributed by atoms with Crippen molar-refractivity contribution in [3.8, 4) is 17.2 Å². The van der Waals surface area contributed by atoms with Crippen LogP contribution in [0.3, 0.4) is 0 Å². The molecule has 0 aliphatic heterocycles. The Labute approximate surface area is 115 Å². The van der Waals surface area contributed by atoms with Crippen LogP contribution in [0.1, 0.15) is 24.7 Å². The highest BCUT2D eigenvalue weighted by atomic mass is 35.5. The summed E-state index contributed by atoms with van der Waals surface area (Å²) in [7, 11) is 1.58. The Hall–Kier alpha value is -1.59. The molecule has 1 aromatic carbocycles. The fourth-order valence-corrected chi connectivity index (χ4v) is 2.17. The third-order valence-electron chi connectivity index (χ3n) is 3.26. The molecule has 1 unspecified atom stereocenters. The standard InChI is InChI=1S/C13H14ClN3O2/c1-18-10-5-4-8(14)6-9(10)13-16-12(17-19-13)11(15)7-2-3-7/h4-7,11H,2-3,15H2,1H3. The first-order chi connectivity index (χ1) is 9.19. The van der Waals surface area contributed by atoms with Crippen molar-refractivity contribution in [2.45, 2.75) is 18.9 Å². The van der Waals surface area contributed by atoms with Crippen LogP contribution in [-0.4, -0.2) is 17.3 Å². The Bertz CT molecular complexity index is 595. The summed E-state index contributed by atoms with van der Waals surface area (Å²) in [5.74, 6) is 2.04. The average Bonchev–Trinajstić information content (AvgIpc) is 3.15. The van der Waals surface area contributed by atoms with Crippen LogP contribution >= 0.6 is 11.6 Å². The Morgan fingerprint density at radius 2 is 2.26 bits per heavy atom. The van der Waals surface area contributed by atoms with E-state index in [0.29, 0.717) is 34.0 Å². The monoisotopic (exact) mass is 279 g/mol. The first kappa shape index (κ1) is 12.4. The zero-order valence-electron chi connectivity index (χ0n) is 10.5. The van der Waals surface area contributed by atoms with Gasteiger partial charge in [-0.05, 0) is 37.0 Å². The van der Waals surface area contributed by atoms with Crippen molar-refractivity contribution >= 4 is 11.6 Å². The summed E-state index contributed by atoms with van der Waals surface area (Å²) in [4.78, 5) is 4.35. The third kappa shape index (κ3) is 2.43. The van der Waals surface area contributed by atoms with Crippen LogP contribution in [0, 0.1) is 5.92 Å². The number of hydrogen-bond donors (Lipinski definition) is 1. The van der Waals surface area contributed by atoms with Crippen LogP contribution in [0.2, 0.25) is 5.02 Å². The predicted octanol–water partition coefficient (Wildman–Crippen LogP) is 2.81. The van der Waals surface area contributed by atoms with E-state index < -0.39 is 0 Å². The second-order valence-electron chi connectivity index (χ2n) is 4.67. The van der Waals surface area contributed by atoms with Crippen molar-refractivity contribution in [2.24, 2.45) is 11.7 Å². The van der Waals surface area contributed by atoms with Crippen molar-refractivity contribution in [3.63, 3.8) is 0 Å². The van der Waals surface area contributed by atoms with E-state index in [1.54, 1.807) is 25.3 Å². The van der Waals surface area contributed by atoms with Gasteiger partial charge in [-0.1, -0.05) is 16.8 Å². The fraction of sp³-hybridized carbons (Fsp3) is 0.385. The van der Waals surface area contributed by atoms with Crippen molar-refractivity contribution in [3.05, 3.63) is 29.0 Å². The number of ether oxygens (including phenoxy) is 1. The van der Waals surface area contributed by atoms with Crippen molar-refractivity contribution in [1.82, 2.24) is 10.1 Å². The summed E-state index contributed by atoms with van der Waals surface area (Å²) in [6.07, 6.45) is 2.26. The summed E-state index contributed by atoms with van der Waals surface area (Å²) in [6, 6.07) is 5.10. The molecule has 0 amide bonds. The van der Waals surface area contributed by atoms with E-state index in [1.165, 1.54) is 0 Å². The minimum absolute atomic E-state index is 0.150. The third-order valence-corrected chi connectivity index (χ3v) is 3.50. The van der Waals surface area contributed by atoms with E-state index in [2.05, 4.69) is 10.1 Å². The molecular weight excluding hydrogens is 266 g/mol. The summed E-state index contributed by atoms with van der Waals surface area (Å²) in [6.45, 7) is 0. The van der Waals surface area contributed by atoms with Crippen LogP contribution < -0.4 is 10.5 Å². The first-order valence-electron chi connectivity index (χ1n) is 6.12. The number of benzene rings is 1. The smallest absolute Gasteiger partial charge is 0.261 e. The Kier molecular flexibility index (Phi) is 3.16. The number of nitrogens with zero attached hydrogens (tertiary/aromatic N) is 2. The van der Waals surface area contributed by atoms with Crippen LogP contribution in [-0.2, 0) is 0 Å². The molecule has 0 spiro atoms. The van der Waals surface area contributed by atoms with E-state index in [1.807, 2.05) is 0 Å². The van der Waals surface area contributed by atoms with Crippen molar-refractivity contribution in [2.75, 3.05) is 7.11 Å². The largest absolute Gasteiger partial charge is 0.496 e. The van der Waals surface area contributed by atoms with Gasteiger partial charge >= 0.3 is 0 Å². The Morgan fingerprint density at radius 1 is 1.47 bits per heavy atom. The molecule has 1 aliphatic rings. The van der Waals surface area contributed by atoms with E-state index >= 15 is 0 Å². The lowest BCUT2D eigenvalue weighted by molar-refractivity contribution is 0.398. The molecule has 1 aromatic heterocycles. The van der Waals surface area contributed by atoms with Gasteiger partial charge in [-0.25, -0.2) is 0 Å². The quantitative estimate of drug-likeness (QED) is 0.931. The lowest BCUT2D eigenvalue weighted by Crippen LogP contribution is -2.13. The van der Waals surface area contributed by atoms with Crippen LogP contribution in [0.5, 0.6) is 5.75 Å². The first-order valence-corrected chi connectivity index (χ1v) is 6.50. The van der Waals surface area contributed by atoms with Gasteiger partial charge in [-0.2, -0.15) is 4.98 Å². The van der Waals surface area contributed by atoms with Gasteiger partial charge in [0.2, 0.25) is 0 Å². The number of methoxy groups -OCH3 is 1. The maximum Gasteiger partial charge on any atom is 0.261 e. The molecule has 1 saturated carbocycles. The molecule has 6 heteroatoms. The zero-order valence-corrected chi connectivity index (χ0v) is 11.2. The molecule has 0 saturated heterocycles. The van der Waals surface area contributed by atoms with Gasteiger partial charge in [0.1, 0.15) is 5.75 Å². The lowest BCUT2D eigenvalue weighted by Gasteiger charge is -2.05.